The summed E-state index contributed by atoms with van der Waals surface area (Å²) in [6, 6.07) is 7.45. The number of anilines is 1. The van der Waals surface area contributed by atoms with Crippen molar-refractivity contribution in [3.8, 4) is 0 Å². The molecule has 2 N–H and O–H groups in total. The number of para-hydroxylation sites is 1. The van der Waals surface area contributed by atoms with Crippen LogP contribution >= 0.6 is 48.2 Å². The van der Waals surface area contributed by atoms with Gasteiger partial charge in [0.1, 0.15) is 0 Å². The Hall–Kier alpha value is -0.330. The van der Waals surface area contributed by atoms with Crippen LogP contribution in [0.3, 0.4) is 0 Å². The smallest absolute Gasteiger partial charge is 0.239 e. The van der Waals surface area contributed by atoms with E-state index >= 15 is 0 Å². The normalized spacial score (nSPS) is 15.4. The third-order valence-corrected chi connectivity index (χ3v) is 4.70. The van der Waals surface area contributed by atoms with Crippen LogP contribution < -0.4 is 10.6 Å². The van der Waals surface area contributed by atoms with E-state index in [1.165, 1.54) is 0 Å². The summed E-state index contributed by atoms with van der Waals surface area (Å²) in [4.78, 5) is 16.4. The first-order valence-electron chi connectivity index (χ1n) is 7.16. The van der Waals surface area contributed by atoms with Crippen LogP contribution in [0.4, 0.5) is 5.69 Å². The first-order valence-corrected chi connectivity index (χ1v) is 8.93. The van der Waals surface area contributed by atoms with Crippen LogP contribution in [-0.4, -0.2) is 55.0 Å². The Balaban J connectivity index is 0.00000242. The van der Waals surface area contributed by atoms with E-state index in [-0.39, 0.29) is 36.8 Å². The molecule has 2 rings (SSSR count). The lowest BCUT2D eigenvalue weighted by atomic mass is 10.2. The van der Waals surface area contributed by atoms with Gasteiger partial charge in [0.2, 0.25) is 5.91 Å². The molecule has 0 aliphatic carbocycles. The summed E-state index contributed by atoms with van der Waals surface area (Å²) in [5.74, 6) is 0.995. The van der Waals surface area contributed by atoms with Gasteiger partial charge in [-0.3, -0.25) is 4.79 Å². The lowest BCUT2D eigenvalue weighted by Crippen LogP contribution is -2.53. The molecule has 0 aromatic heterocycles. The maximum absolute atomic E-state index is 12.3. The molecule has 0 saturated carbocycles. The average molecular weight is 401 g/mol. The third kappa shape index (κ3) is 6.24. The highest BCUT2D eigenvalue weighted by atomic mass is 35.5. The lowest BCUT2D eigenvalue weighted by Gasteiger charge is -2.37. The molecule has 1 aromatic rings. The topological polar surface area (TPSA) is 49.6 Å². The maximum atomic E-state index is 12.3. The van der Waals surface area contributed by atoms with E-state index in [0.29, 0.717) is 13.1 Å². The quantitative estimate of drug-likeness (QED) is 0.825. The molecule has 23 heavy (non-hydrogen) atoms. The Labute approximate surface area is 159 Å². The van der Waals surface area contributed by atoms with Crippen molar-refractivity contribution in [2.24, 2.45) is 5.73 Å². The molecule has 1 amide bonds. The molecule has 0 bridgehead atoms. The van der Waals surface area contributed by atoms with Gasteiger partial charge >= 0.3 is 0 Å². The first-order chi connectivity index (χ1) is 10.1. The van der Waals surface area contributed by atoms with E-state index in [1.54, 1.807) is 11.8 Å². The van der Waals surface area contributed by atoms with Gasteiger partial charge < -0.3 is 15.5 Å². The zero-order chi connectivity index (χ0) is 15.2. The molecule has 0 radical (unpaired) electrons. The van der Waals surface area contributed by atoms with Crippen LogP contribution in [0.2, 0.25) is 5.02 Å². The van der Waals surface area contributed by atoms with Crippen molar-refractivity contribution in [3.05, 3.63) is 29.3 Å². The lowest BCUT2D eigenvalue weighted by molar-refractivity contribution is -0.132. The molecule has 1 aliphatic rings. The van der Waals surface area contributed by atoms with Crippen LogP contribution in [0.25, 0.3) is 0 Å². The highest BCUT2D eigenvalue weighted by Gasteiger charge is 2.25. The zero-order valence-electron chi connectivity index (χ0n) is 13.1. The minimum atomic E-state index is -0.371. The van der Waals surface area contributed by atoms with E-state index in [0.717, 1.165) is 36.0 Å². The fourth-order valence-electron chi connectivity index (χ4n) is 2.48. The number of benzene rings is 1. The minimum Gasteiger partial charge on any atom is -0.367 e. The molecule has 1 aromatic carbocycles. The van der Waals surface area contributed by atoms with Gasteiger partial charge in [-0.25, -0.2) is 0 Å². The van der Waals surface area contributed by atoms with Crippen molar-refractivity contribution in [2.75, 3.05) is 43.1 Å². The van der Waals surface area contributed by atoms with Crippen LogP contribution in [0.1, 0.15) is 6.42 Å². The second-order valence-electron chi connectivity index (χ2n) is 5.15. The third-order valence-electron chi connectivity index (χ3n) is 3.73. The Morgan fingerprint density at radius 1 is 1.26 bits per heavy atom. The number of halogens is 3. The Morgan fingerprint density at radius 3 is 2.43 bits per heavy atom. The fraction of sp³-hybridized carbons (Fsp3) is 0.533. The molecule has 4 nitrogen and oxygen atoms in total. The van der Waals surface area contributed by atoms with Gasteiger partial charge in [0.25, 0.3) is 0 Å². The number of carbonyl (C=O) groups excluding carboxylic acids is 1. The second-order valence-corrected chi connectivity index (χ2v) is 6.54. The predicted octanol–water partition coefficient (Wildman–Crippen LogP) is 2.91. The largest absolute Gasteiger partial charge is 0.367 e. The number of carbonyl (C=O) groups is 1. The van der Waals surface area contributed by atoms with Crippen molar-refractivity contribution >= 4 is 59.8 Å². The standard InChI is InChI=1S/C15H22ClN3OS.2ClH/c1-21-11-6-13(17)15(20)19-9-7-18(8-10-19)14-5-3-2-4-12(14)16;;/h2-5,13H,6-11,17H2,1H3;2*1H. The Bertz CT molecular complexity index is 485. The van der Waals surface area contributed by atoms with Crippen molar-refractivity contribution in [3.63, 3.8) is 0 Å². The summed E-state index contributed by atoms with van der Waals surface area (Å²) in [5, 5.41) is 0.758. The van der Waals surface area contributed by atoms with Gasteiger partial charge in [0.05, 0.1) is 16.8 Å². The van der Waals surface area contributed by atoms with E-state index in [1.807, 2.05) is 35.4 Å². The number of nitrogens with zero attached hydrogens (tertiary/aromatic N) is 2. The SMILES string of the molecule is CSCCC(N)C(=O)N1CCN(c2ccccc2Cl)CC1.Cl.Cl. The average Bonchev–Trinajstić information content (AvgIpc) is 2.52. The Kier molecular flexibility index (Phi) is 11.1. The predicted molar refractivity (Wildman–Crippen MR) is 106 cm³/mol. The van der Waals surface area contributed by atoms with Crippen molar-refractivity contribution in [1.29, 1.82) is 0 Å². The first kappa shape index (κ1) is 22.7. The minimum absolute atomic E-state index is 0. The van der Waals surface area contributed by atoms with E-state index in [2.05, 4.69) is 4.90 Å². The molecule has 8 heteroatoms. The van der Waals surface area contributed by atoms with Crippen LogP contribution in [0.5, 0.6) is 0 Å². The van der Waals surface area contributed by atoms with Gasteiger partial charge in [0, 0.05) is 26.2 Å². The van der Waals surface area contributed by atoms with Crippen LogP contribution in [0, 0.1) is 0 Å². The number of hydrogen-bond donors (Lipinski definition) is 1. The molecule has 132 valence electrons. The number of thioether (sulfide) groups is 1. The van der Waals surface area contributed by atoms with Crippen LogP contribution in [-0.2, 0) is 4.79 Å². The number of piperazine rings is 1. The van der Waals surface area contributed by atoms with Crippen LogP contribution in [0.15, 0.2) is 24.3 Å². The molecular weight excluding hydrogens is 377 g/mol. The summed E-state index contributed by atoms with van der Waals surface area (Å²) in [5.41, 5.74) is 7.00. The van der Waals surface area contributed by atoms with Gasteiger partial charge in [-0.1, -0.05) is 23.7 Å². The highest BCUT2D eigenvalue weighted by molar-refractivity contribution is 7.98. The number of hydrogen-bond acceptors (Lipinski definition) is 4. The molecular formula is C15H24Cl3N3OS. The summed E-state index contributed by atoms with van der Waals surface area (Å²) in [6.45, 7) is 3.00. The van der Waals surface area contributed by atoms with E-state index in [9.17, 15) is 4.79 Å². The van der Waals surface area contributed by atoms with Crippen molar-refractivity contribution in [2.45, 2.75) is 12.5 Å². The van der Waals surface area contributed by atoms with Gasteiger partial charge in [-0.15, -0.1) is 24.8 Å². The zero-order valence-corrected chi connectivity index (χ0v) is 16.3. The second kappa shape index (κ2) is 11.3. The summed E-state index contributed by atoms with van der Waals surface area (Å²) in [7, 11) is 0. The summed E-state index contributed by atoms with van der Waals surface area (Å²) < 4.78 is 0. The molecule has 1 atom stereocenters. The molecule has 1 saturated heterocycles. The van der Waals surface area contributed by atoms with E-state index in [4.69, 9.17) is 17.3 Å². The van der Waals surface area contributed by atoms with Gasteiger partial charge in [-0.2, -0.15) is 11.8 Å². The summed E-state index contributed by atoms with van der Waals surface area (Å²) in [6.07, 6.45) is 2.77. The Morgan fingerprint density at radius 2 is 1.87 bits per heavy atom. The fourth-order valence-corrected chi connectivity index (χ4v) is 3.22. The molecule has 0 spiro atoms. The number of nitrogens with two attached hydrogens (primary N) is 1. The van der Waals surface area contributed by atoms with Gasteiger partial charge in [-0.05, 0) is 30.6 Å². The number of rotatable bonds is 5. The summed E-state index contributed by atoms with van der Waals surface area (Å²) >= 11 is 7.94. The van der Waals surface area contributed by atoms with E-state index < -0.39 is 0 Å². The molecule has 1 fully saturated rings. The van der Waals surface area contributed by atoms with Crippen molar-refractivity contribution < 1.29 is 4.79 Å². The van der Waals surface area contributed by atoms with Crippen molar-refractivity contribution in [1.82, 2.24) is 4.90 Å². The monoisotopic (exact) mass is 399 g/mol. The number of amides is 1. The molecule has 1 unspecified atom stereocenters. The van der Waals surface area contributed by atoms with Gasteiger partial charge in [0.15, 0.2) is 0 Å². The highest BCUT2D eigenvalue weighted by Crippen LogP contribution is 2.26. The maximum Gasteiger partial charge on any atom is 0.239 e. The molecule has 1 heterocycles. The molecule has 1 aliphatic heterocycles.